The second-order valence-corrected chi connectivity index (χ2v) is 4.79. The maximum Gasteiger partial charge on any atom is 0.417 e. The molecule has 0 saturated carbocycles. The number of aromatic nitrogens is 1. The number of nitrogens with two attached hydrogens (primary N) is 1. The SMILES string of the molecule is CC(NCCNc1ncc(C(F)(F)F)cc1Cl)=C(C#N)C(N)=O. The van der Waals surface area contributed by atoms with Gasteiger partial charge in [-0.15, -0.1) is 0 Å². The van der Waals surface area contributed by atoms with Gasteiger partial charge in [0.05, 0.1) is 10.6 Å². The molecule has 1 heterocycles. The van der Waals surface area contributed by atoms with E-state index in [-0.39, 0.29) is 29.5 Å². The molecule has 4 N–H and O–H groups in total. The van der Waals surface area contributed by atoms with E-state index in [4.69, 9.17) is 22.6 Å². The molecule has 0 unspecified atom stereocenters. The Morgan fingerprint density at radius 1 is 1.48 bits per heavy atom. The van der Waals surface area contributed by atoms with Crippen molar-refractivity contribution in [3.05, 3.63) is 34.1 Å². The normalized spacial score (nSPS) is 12.2. The molecule has 0 atom stereocenters. The minimum atomic E-state index is -4.51. The minimum Gasteiger partial charge on any atom is -0.386 e. The number of anilines is 1. The van der Waals surface area contributed by atoms with E-state index in [1.54, 1.807) is 6.07 Å². The standard InChI is InChI=1S/C13H13ClF3N5O/c1-7(9(5-18)11(19)23)20-2-3-21-12-10(14)4-8(6-22-12)13(15,16)17/h4,6,20H,2-3H2,1H3,(H2,19,23)(H,21,22). The van der Waals surface area contributed by atoms with E-state index in [0.29, 0.717) is 11.9 Å². The highest BCUT2D eigenvalue weighted by Gasteiger charge is 2.31. The van der Waals surface area contributed by atoms with E-state index in [2.05, 4.69) is 15.6 Å². The van der Waals surface area contributed by atoms with E-state index in [1.165, 1.54) is 6.92 Å². The largest absolute Gasteiger partial charge is 0.417 e. The lowest BCUT2D eigenvalue weighted by Crippen LogP contribution is -2.25. The molecule has 0 spiro atoms. The highest BCUT2D eigenvalue weighted by Crippen LogP contribution is 2.32. The van der Waals surface area contributed by atoms with Gasteiger partial charge in [-0.25, -0.2) is 4.98 Å². The third-order valence-corrected chi connectivity index (χ3v) is 3.00. The molecule has 0 aromatic carbocycles. The van der Waals surface area contributed by atoms with Crippen molar-refractivity contribution in [1.82, 2.24) is 10.3 Å². The van der Waals surface area contributed by atoms with E-state index >= 15 is 0 Å². The van der Waals surface area contributed by atoms with Crippen molar-refractivity contribution in [2.45, 2.75) is 13.1 Å². The first-order valence-corrected chi connectivity index (χ1v) is 6.66. The third kappa shape index (κ3) is 5.34. The summed E-state index contributed by atoms with van der Waals surface area (Å²) >= 11 is 5.73. The van der Waals surface area contributed by atoms with Crippen LogP contribution in [0.15, 0.2) is 23.5 Å². The summed E-state index contributed by atoms with van der Waals surface area (Å²) in [6.07, 6.45) is -3.84. The topological polar surface area (TPSA) is 104 Å². The van der Waals surface area contributed by atoms with Crippen LogP contribution in [0.3, 0.4) is 0 Å². The zero-order valence-corrected chi connectivity index (χ0v) is 12.7. The highest BCUT2D eigenvalue weighted by molar-refractivity contribution is 6.32. The Kier molecular flexibility index (Phi) is 6.21. The predicted molar refractivity (Wildman–Crippen MR) is 78.2 cm³/mol. The van der Waals surface area contributed by atoms with Crippen LogP contribution in [-0.4, -0.2) is 24.0 Å². The summed E-state index contributed by atoms with van der Waals surface area (Å²) in [6.45, 7) is 2.02. The molecule has 6 nitrogen and oxygen atoms in total. The van der Waals surface area contributed by atoms with Crippen LogP contribution >= 0.6 is 11.6 Å². The molecule has 0 saturated heterocycles. The first-order chi connectivity index (χ1) is 10.7. The molecule has 1 rings (SSSR count). The number of carbonyl (C=O) groups excluding carboxylic acids is 1. The first kappa shape index (κ1) is 18.6. The van der Waals surface area contributed by atoms with Crippen molar-refractivity contribution in [3.63, 3.8) is 0 Å². The number of primary amides is 1. The summed E-state index contributed by atoms with van der Waals surface area (Å²) < 4.78 is 37.4. The number of allylic oxidation sites excluding steroid dienone is 1. The Hall–Kier alpha value is -2.47. The Balaban J connectivity index is 2.61. The zero-order valence-electron chi connectivity index (χ0n) is 12.0. The molecule has 10 heteroatoms. The smallest absolute Gasteiger partial charge is 0.386 e. The quantitative estimate of drug-likeness (QED) is 0.415. The van der Waals surface area contributed by atoms with Crippen molar-refractivity contribution >= 4 is 23.3 Å². The van der Waals surface area contributed by atoms with Crippen molar-refractivity contribution in [3.8, 4) is 6.07 Å². The number of carbonyl (C=O) groups is 1. The minimum absolute atomic E-state index is 0.0958. The average molecular weight is 348 g/mol. The van der Waals surface area contributed by atoms with Gasteiger partial charge in [-0.1, -0.05) is 11.6 Å². The number of amides is 1. The van der Waals surface area contributed by atoms with Crippen molar-refractivity contribution < 1.29 is 18.0 Å². The fourth-order valence-corrected chi connectivity index (χ4v) is 1.80. The van der Waals surface area contributed by atoms with Gasteiger partial charge in [-0.3, -0.25) is 4.79 Å². The molecule has 0 aliphatic rings. The number of pyridine rings is 1. The fourth-order valence-electron chi connectivity index (χ4n) is 1.57. The van der Waals surface area contributed by atoms with E-state index in [0.717, 1.165) is 6.07 Å². The maximum atomic E-state index is 12.5. The van der Waals surface area contributed by atoms with Gasteiger partial charge in [-0.2, -0.15) is 18.4 Å². The molecule has 0 bridgehead atoms. The van der Waals surface area contributed by atoms with Crippen molar-refractivity contribution in [2.24, 2.45) is 5.73 Å². The van der Waals surface area contributed by atoms with Gasteiger partial charge in [0, 0.05) is 25.0 Å². The Morgan fingerprint density at radius 3 is 2.61 bits per heavy atom. The molecule has 1 amide bonds. The molecule has 1 aromatic rings. The zero-order chi connectivity index (χ0) is 17.6. The van der Waals surface area contributed by atoms with Gasteiger partial charge in [0.15, 0.2) is 0 Å². The number of nitriles is 1. The lowest BCUT2D eigenvalue weighted by atomic mass is 10.2. The van der Waals surface area contributed by atoms with Crippen LogP contribution in [0.1, 0.15) is 12.5 Å². The molecule has 1 aromatic heterocycles. The number of hydrogen-bond acceptors (Lipinski definition) is 5. The number of halogens is 4. The molecular weight excluding hydrogens is 335 g/mol. The summed E-state index contributed by atoms with van der Waals surface area (Å²) in [6, 6.07) is 2.45. The van der Waals surface area contributed by atoms with Crippen LogP contribution in [0.5, 0.6) is 0 Å². The van der Waals surface area contributed by atoms with Gasteiger partial charge < -0.3 is 16.4 Å². The van der Waals surface area contributed by atoms with Crippen molar-refractivity contribution in [1.29, 1.82) is 5.26 Å². The number of nitrogens with zero attached hydrogens (tertiary/aromatic N) is 2. The van der Waals surface area contributed by atoms with Crippen LogP contribution in [0.2, 0.25) is 5.02 Å². The number of hydrogen-bond donors (Lipinski definition) is 3. The van der Waals surface area contributed by atoms with E-state index in [9.17, 15) is 18.0 Å². The molecule has 0 radical (unpaired) electrons. The van der Waals surface area contributed by atoms with Gasteiger partial charge >= 0.3 is 6.18 Å². The summed E-state index contributed by atoms with van der Waals surface area (Å²) in [4.78, 5) is 14.6. The molecule has 0 fully saturated rings. The molecular formula is C13H13ClF3N5O. The van der Waals surface area contributed by atoms with Gasteiger partial charge in [0.2, 0.25) is 0 Å². The summed E-state index contributed by atoms with van der Waals surface area (Å²) in [5, 5.41) is 14.1. The number of nitrogens with one attached hydrogen (secondary N) is 2. The highest BCUT2D eigenvalue weighted by atomic mass is 35.5. The average Bonchev–Trinajstić information content (AvgIpc) is 2.44. The van der Waals surface area contributed by atoms with Crippen LogP contribution in [0, 0.1) is 11.3 Å². The van der Waals surface area contributed by atoms with Crippen LogP contribution in [0.25, 0.3) is 0 Å². The summed E-state index contributed by atoms with van der Waals surface area (Å²) in [5.74, 6) is -0.753. The summed E-state index contributed by atoms with van der Waals surface area (Å²) in [7, 11) is 0. The lowest BCUT2D eigenvalue weighted by molar-refractivity contribution is -0.137. The van der Waals surface area contributed by atoms with Crippen LogP contribution in [0.4, 0.5) is 19.0 Å². The van der Waals surface area contributed by atoms with Gasteiger partial charge in [-0.05, 0) is 13.0 Å². The number of alkyl halides is 3. The molecule has 0 aliphatic carbocycles. The Labute approximate surface area is 135 Å². The van der Waals surface area contributed by atoms with E-state index < -0.39 is 17.6 Å². The van der Waals surface area contributed by atoms with Gasteiger partial charge in [0.25, 0.3) is 5.91 Å². The third-order valence-electron chi connectivity index (χ3n) is 2.71. The second-order valence-electron chi connectivity index (χ2n) is 4.38. The lowest BCUT2D eigenvalue weighted by Gasteiger charge is -2.12. The molecule has 0 aliphatic heterocycles. The Morgan fingerprint density at radius 2 is 2.13 bits per heavy atom. The second kappa shape index (κ2) is 7.69. The maximum absolute atomic E-state index is 12.5. The van der Waals surface area contributed by atoms with Gasteiger partial charge in [0.1, 0.15) is 17.5 Å². The Bertz CT molecular complexity index is 667. The first-order valence-electron chi connectivity index (χ1n) is 6.28. The monoisotopic (exact) mass is 347 g/mol. The van der Waals surface area contributed by atoms with E-state index in [1.807, 2.05) is 0 Å². The molecule has 124 valence electrons. The van der Waals surface area contributed by atoms with Crippen LogP contribution in [-0.2, 0) is 11.0 Å². The fraction of sp³-hybridized carbons (Fsp3) is 0.308. The van der Waals surface area contributed by atoms with Crippen molar-refractivity contribution in [2.75, 3.05) is 18.4 Å². The number of rotatable bonds is 6. The molecule has 23 heavy (non-hydrogen) atoms. The van der Waals surface area contributed by atoms with Crippen LogP contribution < -0.4 is 16.4 Å². The predicted octanol–water partition coefficient (Wildman–Crippen LogP) is 2.04. The summed E-state index contributed by atoms with van der Waals surface area (Å²) in [5.41, 5.74) is 4.18.